The molecule has 0 atom stereocenters. The topological polar surface area (TPSA) is 72.3 Å². The van der Waals surface area contributed by atoms with Crippen LogP contribution in [0.25, 0.3) is 27.9 Å². The molecule has 0 aliphatic carbocycles. The first-order valence-corrected chi connectivity index (χ1v) is 9.76. The van der Waals surface area contributed by atoms with E-state index < -0.39 is 0 Å². The van der Waals surface area contributed by atoms with Crippen LogP contribution in [-0.4, -0.2) is 21.2 Å². The van der Waals surface area contributed by atoms with Gasteiger partial charge in [-0.1, -0.05) is 17.3 Å². The predicted octanol–water partition coefficient (Wildman–Crippen LogP) is 4.80. The zero-order chi connectivity index (χ0) is 21.2. The van der Waals surface area contributed by atoms with Crippen molar-refractivity contribution < 1.29 is 18.8 Å². The van der Waals surface area contributed by atoms with Crippen LogP contribution in [0.5, 0.6) is 5.75 Å². The molecule has 6 nitrogen and oxygen atoms in total. The lowest BCUT2D eigenvalue weighted by Gasteiger charge is -2.09. The third-order valence-corrected chi connectivity index (χ3v) is 5.04. The second-order valence-electron chi connectivity index (χ2n) is 7.10. The number of aromatic nitrogens is 2. The number of fused-ring (bicyclic) bond motifs is 2. The molecule has 0 radical (unpaired) electrons. The molecule has 3 heterocycles. The van der Waals surface area contributed by atoms with Gasteiger partial charge in [0.2, 0.25) is 0 Å². The standard InChI is InChI=1S/C24H18FN3O3/c25-17-4-1-3-16(11-17)8-10-30-19-6-7-23-20(13-19)21(27-29)14-24(31-23)22-12-18-5-2-9-28(18)15-26-22/h1-7,9,11-15,29H,8,10H2. The quantitative estimate of drug-likeness (QED) is 0.331. The van der Waals surface area contributed by atoms with Crippen molar-refractivity contribution in [1.29, 1.82) is 0 Å². The highest BCUT2D eigenvalue weighted by molar-refractivity contribution is 5.80. The fourth-order valence-corrected chi connectivity index (χ4v) is 3.50. The smallest absolute Gasteiger partial charge is 0.155 e. The molecule has 31 heavy (non-hydrogen) atoms. The summed E-state index contributed by atoms with van der Waals surface area (Å²) >= 11 is 0. The van der Waals surface area contributed by atoms with Crippen LogP contribution in [-0.2, 0) is 6.42 Å². The Hall–Kier alpha value is -4.13. The Morgan fingerprint density at radius 3 is 2.87 bits per heavy atom. The summed E-state index contributed by atoms with van der Waals surface area (Å²) in [5.41, 5.74) is 3.01. The second-order valence-corrected chi connectivity index (χ2v) is 7.10. The lowest BCUT2D eigenvalue weighted by molar-refractivity contribution is 0.302. The van der Waals surface area contributed by atoms with E-state index >= 15 is 0 Å². The van der Waals surface area contributed by atoms with Crippen LogP contribution in [0.4, 0.5) is 4.39 Å². The molecule has 0 unspecified atom stereocenters. The number of halogens is 1. The van der Waals surface area contributed by atoms with E-state index in [4.69, 9.17) is 9.15 Å². The first-order chi connectivity index (χ1) is 15.2. The lowest BCUT2D eigenvalue weighted by Crippen LogP contribution is -2.06. The summed E-state index contributed by atoms with van der Waals surface area (Å²) in [4.78, 5) is 4.42. The summed E-state index contributed by atoms with van der Waals surface area (Å²) in [5, 5.41) is 14.0. The van der Waals surface area contributed by atoms with Crippen molar-refractivity contribution in [2.45, 2.75) is 6.42 Å². The van der Waals surface area contributed by atoms with E-state index in [9.17, 15) is 9.60 Å². The fourth-order valence-electron chi connectivity index (χ4n) is 3.50. The van der Waals surface area contributed by atoms with Gasteiger partial charge < -0.3 is 18.8 Å². The van der Waals surface area contributed by atoms with Crippen LogP contribution in [0.3, 0.4) is 0 Å². The molecule has 5 aromatic rings. The normalized spacial score (nSPS) is 12.0. The second kappa shape index (κ2) is 7.95. The summed E-state index contributed by atoms with van der Waals surface area (Å²) in [7, 11) is 0. The van der Waals surface area contributed by atoms with Gasteiger partial charge in [-0.25, -0.2) is 9.37 Å². The molecule has 0 saturated carbocycles. The fraction of sp³-hybridized carbons (Fsp3) is 0.0833. The predicted molar refractivity (Wildman–Crippen MR) is 113 cm³/mol. The van der Waals surface area contributed by atoms with E-state index in [0.717, 1.165) is 11.1 Å². The number of nitrogens with zero attached hydrogens (tertiary/aromatic N) is 3. The van der Waals surface area contributed by atoms with E-state index in [1.807, 2.05) is 34.9 Å². The number of rotatable bonds is 5. The van der Waals surface area contributed by atoms with Crippen molar-refractivity contribution in [3.05, 3.63) is 96.0 Å². The van der Waals surface area contributed by atoms with Gasteiger partial charge in [-0.2, -0.15) is 0 Å². The molecular formula is C24H18FN3O3. The van der Waals surface area contributed by atoms with Crippen molar-refractivity contribution in [2.75, 3.05) is 6.61 Å². The summed E-state index contributed by atoms with van der Waals surface area (Å²) in [6, 6.07) is 19.2. The summed E-state index contributed by atoms with van der Waals surface area (Å²) in [5.74, 6) is 0.827. The SMILES string of the molecule is ON=c1cc(-c2cc3cccn3cn2)oc2ccc(OCCc3cccc(F)c3)cc12. The average molecular weight is 415 g/mol. The zero-order valence-electron chi connectivity index (χ0n) is 16.4. The van der Waals surface area contributed by atoms with Crippen molar-refractivity contribution in [3.8, 4) is 17.2 Å². The van der Waals surface area contributed by atoms with Gasteiger partial charge in [-0.05, 0) is 54.1 Å². The Labute approximate surface area is 176 Å². The van der Waals surface area contributed by atoms with E-state index in [1.165, 1.54) is 12.1 Å². The number of benzene rings is 2. The van der Waals surface area contributed by atoms with Crippen LogP contribution in [0.1, 0.15) is 5.56 Å². The minimum Gasteiger partial charge on any atom is -0.493 e. The van der Waals surface area contributed by atoms with Gasteiger partial charge in [0.25, 0.3) is 0 Å². The summed E-state index contributed by atoms with van der Waals surface area (Å²) in [6.45, 7) is 0.386. The van der Waals surface area contributed by atoms with Gasteiger partial charge in [0.1, 0.15) is 28.2 Å². The van der Waals surface area contributed by atoms with Gasteiger partial charge in [0.15, 0.2) is 5.76 Å². The highest BCUT2D eigenvalue weighted by Gasteiger charge is 2.10. The molecule has 0 aliphatic heterocycles. The molecule has 0 spiro atoms. The highest BCUT2D eigenvalue weighted by atomic mass is 19.1. The van der Waals surface area contributed by atoms with Crippen LogP contribution in [0.2, 0.25) is 0 Å². The third kappa shape index (κ3) is 3.85. The number of hydrogen-bond acceptors (Lipinski definition) is 5. The Kier molecular flexibility index (Phi) is 4.84. The van der Waals surface area contributed by atoms with Crippen molar-refractivity contribution in [1.82, 2.24) is 9.38 Å². The molecule has 5 rings (SSSR count). The van der Waals surface area contributed by atoms with Crippen LogP contribution >= 0.6 is 0 Å². The average Bonchev–Trinajstić information content (AvgIpc) is 3.26. The molecule has 0 bridgehead atoms. The maximum Gasteiger partial charge on any atom is 0.155 e. The van der Waals surface area contributed by atoms with E-state index in [0.29, 0.717) is 46.6 Å². The summed E-state index contributed by atoms with van der Waals surface area (Å²) < 4.78 is 27.0. The first-order valence-electron chi connectivity index (χ1n) is 9.76. The van der Waals surface area contributed by atoms with E-state index in [1.54, 1.807) is 36.7 Å². The molecule has 1 N–H and O–H groups in total. The van der Waals surface area contributed by atoms with Crippen molar-refractivity contribution in [3.63, 3.8) is 0 Å². The molecule has 0 amide bonds. The zero-order valence-corrected chi connectivity index (χ0v) is 16.4. The Morgan fingerprint density at radius 1 is 1.06 bits per heavy atom. The maximum absolute atomic E-state index is 13.3. The van der Waals surface area contributed by atoms with Gasteiger partial charge in [-0.3, -0.25) is 0 Å². The monoisotopic (exact) mass is 415 g/mol. The van der Waals surface area contributed by atoms with Gasteiger partial charge >= 0.3 is 0 Å². The van der Waals surface area contributed by atoms with E-state index in [-0.39, 0.29) is 5.82 Å². The van der Waals surface area contributed by atoms with Gasteiger partial charge in [-0.15, -0.1) is 0 Å². The third-order valence-electron chi connectivity index (χ3n) is 5.04. The molecule has 154 valence electrons. The Morgan fingerprint density at radius 2 is 2.00 bits per heavy atom. The minimum atomic E-state index is -0.263. The van der Waals surface area contributed by atoms with E-state index in [2.05, 4.69) is 10.1 Å². The maximum atomic E-state index is 13.3. The van der Waals surface area contributed by atoms with Crippen LogP contribution in [0, 0.1) is 5.82 Å². The highest BCUT2D eigenvalue weighted by Crippen LogP contribution is 2.24. The largest absolute Gasteiger partial charge is 0.493 e. The van der Waals surface area contributed by atoms with Crippen LogP contribution in [0.15, 0.2) is 88.8 Å². The number of ether oxygens (including phenoxy) is 1. The molecule has 0 fully saturated rings. The lowest BCUT2D eigenvalue weighted by atomic mass is 10.1. The Bertz CT molecular complexity index is 1460. The van der Waals surface area contributed by atoms with Gasteiger partial charge in [0, 0.05) is 24.2 Å². The van der Waals surface area contributed by atoms with Crippen LogP contribution < -0.4 is 10.1 Å². The molecule has 0 aliphatic rings. The number of hydrogen-bond donors (Lipinski definition) is 1. The first kappa shape index (κ1) is 18.9. The molecular weight excluding hydrogens is 397 g/mol. The van der Waals surface area contributed by atoms with Crippen molar-refractivity contribution in [2.24, 2.45) is 5.16 Å². The van der Waals surface area contributed by atoms with Gasteiger partial charge in [0.05, 0.1) is 18.3 Å². The molecule has 2 aromatic carbocycles. The minimum absolute atomic E-state index is 0.263. The Balaban J connectivity index is 1.43. The molecule has 0 saturated heterocycles. The molecule has 7 heteroatoms. The van der Waals surface area contributed by atoms with Crippen molar-refractivity contribution >= 4 is 16.5 Å². The summed E-state index contributed by atoms with van der Waals surface area (Å²) in [6.07, 6.45) is 4.19. The molecule has 3 aromatic heterocycles.